The van der Waals surface area contributed by atoms with Gasteiger partial charge in [0.05, 0.1) is 19.5 Å². The summed E-state index contributed by atoms with van der Waals surface area (Å²) in [6.45, 7) is 11.1. The van der Waals surface area contributed by atoms with Crippen molar-refractivity contribution in [2.24, 2.45) is 0 Å². The molecule has 0 unspecified atom stereocenters. The van der Waals surface area contributed by atoms with E-state index < -0.39 is 0 Å². The van der Waals surface area contributed by atoms with Crippen LogP contribution >= 0.6 is 0 Å². The number of hydrogen-bond donors (Lipinski definition) is 0. The summed E-state index contributed by atoms with van der Waals surface area (Å²) in [6.07, 6.45) is 1.74. The topological polar surface area (TPSA) is 51.4 Å². The third-order valence-corrected chi connectivity index (χ3v) is 3.00. The predicted molar refractivity (Wildman–Crippen MR) is 75.7 cm³/mol. The highest BCUT2D eigenvalue weighted by molar-refractivity contribution is 5.86. The second kappa shape index (κ2) is 6.02. The van der Waals surface area contributed by atoms with E-state index in [0.717, 1.165) is 54.6 Å². The Balaban J connectivity index is 0.000000637. The van der Waals surface area contributed by atoms with Crippen molar-refractivity contribution in [2.45, 2.75) is 27.7 Å². The highest BCUT2D eigenvalue weighted by Crippen LogP contribution is 2.27. The number of anilines is 1. The van der Waals surface area contributed by atoms with Gasteiger partial charge in [0.2, 0.25) is 0 Å². The molecule has 0 N–H and O–H groups in total. The van der Waals surface area contributed by atoms with Gasteiger partial charge in [0, 0.05) is 18.7 Å². The maximum absolute atomic E-state index is 5.58. The summed E-state index contributed by atoms with van der Waals surface area (Å²) in [7, 11) is 0. The van der Waals surface area contributed by atoms with E-state index in [9.17, 15) is 0 Å². The first kappa shape index (κ1) is 13.8. The molecule has 0 radical (unpaired) electrons. The average molecular weight is 263 g/mol. The van der Waals surface area contributed by atoms with E-state index in [1.165, 1.54) is 0 Å². The number of morpholine rings is 1. The number of rotatable bonds is 1. The van der Waals surface area contributed by atoms with Gasteiger partial charge < -0.3 is 14.1 Å². The zero-order chi connectivity index (χ0) is 13.8. The highest BCUT2D eigenvalue weighted by Gasteiger charge is 2.19. The minimum absolute atomic E-state index is 0.740. The van der Waals surface area contributed by atoms with Crippen molar-refractivity contribution >= 4 is 16.9 Å². The molecule has 0 saturated carbocycles. The van der Waals surface area contributed by atoms with Crippen molar-refractivity contribution in [3.63, 3.8) is 0 Å². The smallest absolute Gasteiger partial charge is 0.195 e. The van der Waals surface area contributed by atoms with Crippen LogP contribution in [0.3, 0.4) is 0 Å². The highest BCUT2D eigenvalue weighted by atomic mass is 16.5. The molecule has 1 saturated heterocycles. The summed E-state index contributed by atoms with van der Waals surface area (Å²) in [5.74, 6) is 1.67. The fraction of sp³-hybridized carbons (Fsp3) is 0.571. The van der Waals surface area contributed by atoms with Crippen LogP contribution in [-0.2, 0) is 4.74 Å². The Morgan fingerprint density at radius 2 is 1.79 bits per heavy atom. The molecule has 0 spiro atoms. The fourth-order valence-corrected chi connectivity index (χ4v) is 2.12. The number of hydrogen-bond acceptors (Lipinski definition) is 5. The SMILES string of the molecule is CC.Cc1nc(N2CCOCC2)c2occ(C)c2n1. The van der Waals surface area contributed by atoms with Gasteiger partial charge in [-0.2, -0.15) is 0 Å². The van der Waals surface area contributed by atoms with Crippen molar-refractivity contribution in [1.29, 1.82) is 0 Å². The van der Waals surface area contributed by atoms with Gasteiger partial charge in [-0.25, -0.2) is 9.97 Å². The number of aromatic nitrogens is 2. The summed E-state index contributed by atoms with van der Waals surface area (Å²) in [4.78, 5) is 11.1. The van der Waals surface area contributed by atoms with Crippen LogP contribution in [0, 0.1) is 13.8 Å². The van der Waals surface area contributed by atoms with E-state index >= 15 is 0 Å². The third-order valence-electron chi connectivity index (χ3n) is 3.00. The summed E-state index contributed by atoms with van der Waals surface area (Å²) >= 11 is 0. The molecule has 0 bridgehead atoms. The first-order valence-corrected chi connectivity index (χ1v) is 6.81. The lowest BCUT2D eigenvalue weighted by Gasteiger charge is -2.27. The molecule has 0 atom stereocenters. The van der Waals surface area contributed by atoms with Gasteiger partial charge in [-0.05, 0) is 13.8 Å². The van der Waals surface area contributed by atoms with Crippen molar-refractivity contribution in [3.8, 4) is 0 Å². The largest absolute Gasteiger partial charge is 0.458 e. The molecule has 3 rings (SSSR count). The summed E-state index contributed by atoms with van der Waals surface area (Å²) in [5, 5.41) is 0. The minimum atomic E-state index is 0.740. The molecule has 1 aliphatic heterocycles. The maximum Gasteiger partial charge on any atom is 0.195 e. The van der Waals surface area contributed by atoms with E-state index in [4.69, 9.17) is 9.15 Å². The molecule has 2 aromatic heterocycles. The third kappa shape index (κ3) is 2.71. The van der Waals surface area contributed by atoms with Crippen LogP contribution in [0.1, 0.15) is 25.2 Å². The molecule has 5 nitrogen and oxygen atoms in total. The number of aryl methyl sites for hydroxylation is 2. The molecule has 3 heterocycles. The Hall–Kier alpha value is -1.62. The molecular formula is C14H21N3O2. The van der Waals surface area contributed by atoms with Gasteiger partial charge in [0.15, 0.2) is 11.4 Å². The quantitative estimate of drug-likeness (QED) is 0.791. The standard InChI is InChI=1S/C12H15N3O2.C2H6/c1-8-7-17-11-10(8)13-9(2)14-12(11)15-3-5-16-6-4-15;1-2/h7H,3-6H2,1-2H3;1-2H3. The van der Waals surface area contributed by atoms with Gasteiger partial charge in [0.1, 0.15) is 11.3 Å². The summed E-state index contributed by atoms with van der Waals surface area (Å²) < 4.78 is 10.9. The van der Waals surface area contributed by atoms with Crippen LogP contribution in [0.5, 0.6) is 0 Å². The Bertz CT molecular complexity index is 545. The van der Waals surface area contributed by atoms with Crippen LogP contribution < -0.4 is 4.90 Å². The number of ether oxygens (including phenoxy) is 1. The molecule has 5 heteroatoms. The van der Waals surface area contributed by atoms with E-state index in [1.54, 1.807) is 6.26 Å². The van der Waals surface area contributed by atoms with Crippen molar-refractivity contribution in [3.05, 3.63) is 17.7 Å². The Morgan fingerprint density at radius 1 is 1.11 bits per heavy atom. The van der Waals surface area contributed by atoms with Gasteiger partial charge in [-0.3, -0.25) is 0 Å². The molecule has 1 aliphatic rings. The average Bonchev–Trinajstić information content (AvgIpc) is 2.83. The number of fused-ring (bicyclic) bond motifs is 1. The van der Waals surface area contributed by atoms with Gasteiger partial charge >= 0.3 is 0 Å². The molecular weight excluding hydrogens is 242 g/mol. The number of nitrogens with zero attached hydrogens (tertiary/aromatic N) is 3. The lowest BCUT2D eigenvalue weighted by molar-refractivity contribution is 0.122. The lowest BCUT2D eigenvalue weighted by Crippen LogP contribution is -2.37. The zero-order valence-electron chi connectivity index (χ0n) is 12.1. The summed E-state index contributed by atoms with van der Waals surface area (Å²) in [5.41, 5.74) is 2.76. The Kier molecular flexibility index (Phi) is 4.37. The predicted octanol–water partition coefficient (Wildman–Crippen LogP) is 2.70. The van der Waals surface area contributed by atoms with E-state index in [-0.39, 0.29) is 0 Å². The van der Waals surface area contributed by atoms with E-state index in [1.807, 2.05) is 27.7 Å². The van der Waals surface area contributed by atoms with Gasteiger partial charge in [0.25, 0.3) is 0 Å². The van der Waals surface area contributed by atoms with Crippen LogP contribution in [0.2, 0.25) is 0 Å². The van der Waals surface area contributed by atoms with Crippen LogP contribution in [0.15, 0.2) is 10.7 Å². The zero-order valence-corrected chi connectivity index (χ0v) is 12.1. The lowest BCUT2D eigenvalue weighted by atomic mass is 10.3. The van der Waals surface area contributed by atoms with Crippen LogP contribution in [-0.4, -0.2) is 36.3 Å². The normalized spacial score (nSPS) is 15.3. The number of furan rings is 1. The second-order valence-electron chi connectivity index (χ2n) is 4.29. The molecule has 0 aliphatic carbocycles. The fourth-order valence-electron chi connectivity index (χ4n) is 2.12. The Morgan fingerprint density at radius 3 is 2.47 bits per heavy atom. The van der Waals surface area contributed by atoms with Crippen molar-refractivity contribution in [2.75, 3.05) is 31.2 Å². The van der Waals surface area contributed by atoms with E-state index in [2.05, 4.69) is 14.9 Å². The molecule has 19 heavy (non-hydrogen) atoms. The van der Waals surface area contributed by atoms with Crippen LogP contribution in [0.25, 0.3) is 11.1 Å². The Labute approximate surface area is 113 Å². The first-order chi connectivity index (χ1) is 9.25. The van der Waals surface area contributed by atoms with Gasteiger partial charge in [-0.1, -0.05) is 13.8 Å². The van der Waals surface area contributed by atoms with Crippen molar-refractivity contribution < 1.29 is 9.15 Å². The maximum atomic E-state index is 5.58. The van der Waals surface area contributed by atoms with Crippen LogP contribution in [0.4, 0.5) is 5.82 Å². The first-order valence-electron chi connectivity index (χ1n) is 6.81. The molecule has 1 fully saturated rings. The van der Waals surface area contributed by atoms with Crippen molar-refractivity contribution in [1.82, 2.24) is 9.97 Å². The molecule has 104 valence electrons. The monoisotopic (exact) mass is 263 g/mol. The summed E-state index contributed by atoms with van der Waals surface area (Å²) in [6, 6.07) is 0. The minimum Gasteiger partial charge on any atom is -0.458 e. The second-order valence-corrected chi connectivity index (χ2v) is 4.29. The van der Waals surface area contributed by atoms with Gasteiger partial charge in [-0.15, -0.1) is 0 Å². The van der Waals surface area contributed by atoms with E-state index in [0.29, 0.717) is 0 Å². The molecule has 2 aromatic rings. The molecule has 0 amide bonds. The molecule has 0 aromatic carbocycles.